The van der Waals surface area contributed by atoms with Gasteiger partial charge in [-0.05, 0) is 71.2 Å². The van der Waals surface area contributed by atoms with E-state index in [-0.39, 0.29) is 24.2 Å². The zero-order chi connectivity index (χ0) is 17.5. The highest BCUT2D eigenvalue weighted by atomic mass is 79.9. The Hall–Kier alpha value is -2.21. The smallest absolute Gasteiger partial charge is 0.244 e. The Kier molecular flexibility index (Phi) is 6.49. The lowest BCUT2D eigenvalue weighted by Crippen LogP contribution is -2.19. The average Bonchev–Trinajstić information content (AvgIpc) is 2.52. The van der Waals surface area contributed by atoms with Gasteiger partial charge in [0.05, 0.1) is 23.2 Å². The van der Waals surface area contributed by atoms with Crippen LogP contribution < -0.4 is 10.2 Å². The van der Waals surface area contributed by atoms with Crippen LogP contribution in [0.25, 0.3) is 0 Å². The zero-order valence-corrected chi connectivity index (χ0v) is 15.0. The number of hydrogen-bond donors (Lipinski definition) is 1. The van der Waals surface area contributed by atoms with Gasteiger partial charge in [-0.2, -0.15) is 5.10 Å². The molecule has 0 fully saturated rings. The molecule has 0 bridgehead atoms. The predicted molar refractivity (Wildman–Crippen MR) is 95.7 cm³/mol. The maximum atomic E-state index is 12.8. The molecule has 0 saturated carbocycles. The first-order valence-electron chi connectivity index (χ1n) is 7.46. The lowest BCUT2D eigenvalue weighted by Gasteiger charge is -2.11. The van der Waals surface area contributed by atoms with Crippen molar-refractivity contribution in [2.45, 2.75) is 26.4 Å². The van der Waals surface area contributed by atoms with E-state index in [9.17, 15) is 9.18 Å². The molecule has 0 spiro atoms. The van der Waals surface area contributed by atoms with E-state index in [4.69, 9.17) is 4.74 Å². The first kappa shape index (κ1) is 18.1. The molecule has 0 unspecified atom stereocenters. The van der Waals surface area contributed by atoms with E-state index < -0.39 is 0 Å². The summed E-state index contributed by atoms with van der Waals surface area (Å²) in [6.45, 7) is 3.91. The number of hydrogen-bond acceptors (Lipinski definition) is 3. The fraction of sp³-hybridized carbons (Fsp3) is 0.222. The summed E-state index contributed by atoms with van der Waals surface area (Å²) in [5.74, 6) is 0.159. The molecule has 0 radical (unpaired) electrons. The number of carbonyl (C=O) groups is 1. The molecule has 0 aliphatic carbocycles. The molecule has 0 aliphatic heterocycles. The van der Waals surface area contributed by atoms with E-state index in [0.29, 0.717) is 0 Å². The normalized spacial score (nSPS) is 11.0. The van der Waals surface area contributed by atoms with Crippen molar-refractivity contribution in [2.24, 2.45) is 5.10 Å². The first-order valence-corrected chi connectivity index (χ1v) is 8.26. The fourth-order valence-electron chi connectivity index (χ4n) is 1.95. The van der Waals surface area contributed by atoms with Crippen molar-refractivity contribution >= 4 is 28.1 Å². The van der Waals surface area contributed by atoms with Gasteiger partial charge < -0.3 is 4.74 Å². The van der Waals surface area contributed by atoms with Crippen LogP contribution in [0.5, 0.6) is 5.75 Å². The minimum Gasteiger partial charge on any atom is -0.490 e. The Labute approximate surface area is 148 Å². The third kappa shape index (κ3) is 5.77. The molecular weight excluding hydrogens is 375 g/mol. The summed E-state index contributed by atoms with van der Waals surface area (Å²) >= 11 is 3.44. The van der Waals surface area contributed by atoms with Gasteiger partial charge in [-0.25, -0.2) is 9.82 Å². The molecular formula is C18H18BrFN2O2. The lowest BCUT2D eigenvalue weighted by molar-refractivity contribution is -0.120. The van der Waals surface area contributed by atoms with Gasteiger partial charge in [0.25, 0.3) is 0 Å². The number of nitrogens with zero attached hydrogens (tertiary/aromatic N) is 1. The van der Waals surface area contributed by atoms with Gasteiger partial charge in [-0.1, -0.05) is 12.1 Å². The molecule has 0 aliphatic rings. The van der Waals surface area contributed by atoms with Crippen molar-refractivity contribution in [3.8, 4) is 5.75 Å². The Balaban J connectivity index is 1.90. The molecule has 126 valence electrons. The molecule has 6 heteroatoms. The minimum absolute atomic E-state index is 0.0894. The molecule has 2 aromatic carbocycles. The summed E-state index contributed by atoms with van der Waals surface area (Å²) in [5, 5.41) is 3.93. The second kappa shape index (κ2) is 8.59. The molecule has 24 heavy (non-hydrogen) atoms. The monoisotopic (exact) mass is 392 g/mol. The summed E-state index contributed by atoms with van der Waals surface area (Å²) in [4.78, 5) is 11.8. The number of ether oxygens (including phenoxy) is 1. The highest BCUT2D eigenvalue weighted by Gasteiger charge is 2.05. The Bertz CT molecular complexity index is 730. The number of hydrazone groups is 1. The van der Waals surface area contributed by atoms with E-state index in [2.05, 4.69) is 26.5 Å². The number of amides is 1. The maximum absolute atomic E-state index is 12.8. The van der Waals surface area contributed by atoms with Crippen LogP contribution in [-0.4, -0.2) is 18.2 Å². The van der Waals surface area contributed by atoms with Crippen molar-refractivity contribution in [1.82, 2.24) is 5.43 Å². The minimum atomic E-state index is -0.326. The molecule has 4 nitrogen and oxygen atoms in total. The highest BCUT2D eigenvalue weighted by Crippen LogP contribution is 2.26. The summed E-state index contributed by atoms with van der Waals surface area (Å²) in [6.07, 6.45) is 1.78. The van der Waals surface area contributed by atoms with Crippen LogP contribution in [0.1, 0.15) is 25.0 Å². The molecule has 0 saturated heterocycles. The van der Waals surface area contributed by atoms with Gasteiger partial charge in [-0.3, -0.25) is 4.79 Å². The van der Waals surface area contributed by atoms with Crippen LogP contribution in [0, 0.1) is 5.82 Å². The van der Waals surface area contributed by atoms with Crippen molar-refractivity contribution < 1.29 is 13.9 Å². The maximum Gasteiger partial charge on any atom is 0.244 e. The molecule has 1 N–H and O–H groups in total. The molecule has 1 amide bonds. The van der Waals surface area contributed by atoms with Crippen LogP contribution in [0.4, 0.5) is 4.39 Å². The third-order valence-corrected chi connectivity index (χ3v) is 3.62. The molecule has 2 aromatic rings. The van der Waals surface area contributed by atoms with Crippen LogP contribution in [0.15, 0.2) is 52.0 Å². The summed E-state index contributed by atoms with van der Waals surface area (Å²) in [7, 11) is 0. The first-order chi connectivity index (χ1) is 11.4. The van der Waals surface area contributed by atoms with Crippen LogP contribution in [0.2, 0.25) is 0 Å². The van der Waals surface area contributed by atoms with Crippen molar-refractivity contribution in [3.63, 3.8) is 0 Å². The summed E-state index contributed by atoms with van der Waals surface area (Å²) in [6, 6.07) is 11.3. The summed E-state index contributed by atoms with van der Waals surface area (Å²) < 4.78 is 19.3. The fourth-order valence-corrected chi connectivity index (χ4v) is 2.44. The van der Waals surface area contributed by atoms with Crippen LogP contribution >= 0.6 is 15.9 Å². The van der Waals surface area contributed by atoms with Gasteiger partial charge in [0.2, 0.25) is 5.91 Å². The third-order valence-electron chi connectivity index (χ3n) is 3.00. The number of rotatable bonds is 6. The SMILES string of the molecule is CC(C)Oc1ccc(/C=N/NC(=O)Cc2ccc(F)cc2)cc1Br. The van der Waals surface area contributed by atoms with E-state index >= 15 is 0 Å². The average molecular weight is 393 g/mol. The van der Waals surface area contributed by atoms with E-state index in [0.717, 1.165) is 21.3 Å². The zero-order valence-electron chi connectivity index (χ0n) is 13.4. The molecule has 0 heterocycles. The van der Waals surface area contributed by atoms with Gasteiger partial charge in [0, 0.05) is 0 Å². The standard InChI is InChI=1S/C18H18BrFN2O2/c1-12(2)24-17-8-5-14(9-16(17)19)11-21-22-18(23)10-13-3-6-15(20)7-4-13/h3-9,11-12H,10H2,1-2H3,(H,22,23)/b21-11+. The Morgan fingerprint density at radius 3 is 2.62 bits per heavy atom. The molecule has 0 atom stereocenters. The number of benzene rings is 2. The van der Waals surface area contributed by atoms with Crippen molar-refractivity contribution in [2.75, 3.05) is 0 Å². The van der Waals surface area contributed by atoms with Crippen molar-refractivity contribution in [1.29, 1.82) is 0 Å². The lowest BCUT2D eigenvalue weighted by atomic mass is 10.1. The number of nitrogens with one attached hydrogen (secondary N) is 1. The largest absolute Gasteiger partial charge is 0.490 e. The van der Waals surface area contributed by atoms with Crippen LogP contribution in [0.3, 0.4) is 0 Å². The highest BCUT2D eigenvalue weighted by molar-refractivity contribution is 9.10. The van der Waals surface area contributed by atoms with Gasteiger partial charge in [0.1, 0.15) is 11.6 Å². The Morgan fingerprint density at radius 2 is 2.00 bits per heavy atom. The Morgan fingerprint density at radius 1 is 1.29 bits per heavy atom. The van der Waals surface area contributed by atoms with Gasteiger partial charge >= 0.3 is 0 Å². The van der Waals surface area contributed by atoms with E-state index in [1.54, 1.807) is 18.3 Å². The quantitative estimate of drug-likeness (QED) is 0.594. The van der Waals surface area contributed by atoms with E-state index in [1.165, 1.54) is 12.1 Å². The second-order valence-corrected chi connectivity index (χ2v) is 6.31. The number of halogens is 2. The number of carbonyl (C=O) groups excluding carboxylic acids is 1. The van der Waals surface area contributed by atoms with Gasteiger partial charge in [0.15, 0.2) is 0 Å². The topological polar surface area (TPSA) is 50.7 Å². The van der Waals surface area contributed by atoms with Gasteiger partial charge in [-0.15, -0.1) is 0 Å². The molecule has 2 rings (SSSR count). The van der Waals surface area contributed by atoms with E-state index in [1.807, 2.05) is 32.0 Å². The van der Waals surface area contributed by atoms with Crippen molar-refractivity contribution in [3.05, 3.63) is 63.9 Å². The second-order valence-electron chi connectivity index (χ2n) is 5.45. The predicted octanol–water partition coefficient (Wildman–Crippen LogP) is 4.07. The summed E-state index contributed by atoms with van der Waals surface area (Å²) in [5.41, 5.74) is 3.99. The van der Waals surface area contributed by atoms with Crippen LogP contribution in [-0.2, 0) is 11.2 Å². The molecule has 0 aromatic heterocycles.